The molecule has 2 N–H and O–H groups in total. The van der Waals surface area contributed by atoms with Gasteiger partial charge >= 0.3 is 11.9 Å². The summed E-state index contributed by atoms with van der Waals surface area (Å²) in [6.07, 6.45) is 11.5. The van der Waals surface area contributed by atoms with Gasteiger partial charge in [-0.15, -0.1) is 0 Å². The number of hydrogen-bond acceptors (Lipinski definition) is 4. The smallest absolute Gasteiger partial charge is 0.312 e. The molecule has 0 aliphatic rings. The van der Waals surface area contributed by atoms with Crippen LogP contribution < -0.4 is 5.11 Å². The number of aliphatic carboxylic acids is 3. The van der Waals surface area contributed by atoms with E-state index in [0.717, 1.165) is 38.5 Å². The van der Waals surface area contributed by atoms with Crippen LogP contribution in [0.5, 0.6) is 0 Å². The first-order valence-corrected chi connectivity index (χ1v) is 12.3. The van der Waals surface area contributed by atoms with Gasteiger partial charge in [0.05, 0.1) is 32.1 Å². The molecule has 3 unspecified atom stereocenters. The van der Waals surface area contributed by atoms with Crippen LogP contribution in [0.4, 0.5) is 0 Å². The van der Waals surface area contributed by atoms with Crippen LogP contribution in [-0.4, -0.2) is 58.8 Å². The van der Waals surface area contributed by atoms with Gasteiger partial charge in [-0.05, 0) is 51.4 Å². The Morgan fingerprint density at radius 1 is 0.750 bits per heavy atom. The first-order chi connectivity index (χ1) is 15.2. The van der Waals surface area contributed by atoms with Crippen LogP contribution in [0.15, 0.2) is 12.2 Å². The minimum Gasteiger partial charge on any atom is -0.550 e. The number of carbonyl (C=O) groups is 3. The molecule has 0 aromatic carbocycles. The molecular weight excluding hydrogens is 410 g/mol. The molecule has 0 amide bonds. The topological polar surface area (TPSA) is 115 Å². The van der Waals surface area contributed by atoms with Crippen LogP contribution in [0.2, 0.25) is 0 Å². The van der Waals surface area contributed by atoms with E-state index in [4.69, 9.17) is 0 Å². The molecule has 0 fully saturated rings. The molecule has 3 atom stereocenters. The van der Waals surface area contributed by atoms with Gasteiger partial charge in [-0.3, -0.25) is 9.59 Å². The van der Waals surface area contributed by atoms with E-state index < -0.39 is 35.7 Å². The predicted molar refractivity (Wildman–Crippen MR) is 124 cm³/mol. The lowest BCUT2D eigenvalue weighted by atomic mass is 9.95. The second kappa shape index (κ2) is 16.7. The second-order valence-electron chi connectivity index (χ2n) is 9.03. The largest absolute Gasteiger partial charge is 0.550 e. The molecule has 0 bridgehead atoms. The van der Waals surface area contributed by atoms with Crippen molar-refractivity contribution in [1.29, 1.82) is 0 Å². The SMILES string of the molecule is CCC/C=C/CCCCC[N+](CC(CC)C(=O)[O-])(CC(CC)C(=O)O)CC(CC)C(=O)O. The Balaban J connectivity index is 5.69. The van der Waals surface area contributed by atoms with Crippen LogP contribution in [0.1, 0.15) is 85.5 Å². The minimum atomic E-state index is -1.15. The number of nitrogens with zero attached hydrogens (tertiary/aromatic N) is 1. The van der Waals surface area contributed by atoms with Crippen molar-refractivity contribution in [3.8, 4) is 0 Å². The Morgan fingerprint density at radius 2 is 1.22 bits per heavy atom. The van der Waals surface area contributed by atoms with E-state index in [2.05, 4.69) is 19.1 Å². The van der Waals surface area contributed by atoms with Crippen LogP contribution in [-0.2, 0) is 14.4 Å². The fourth-order valence-corrected chi connectivity index (χ4v) is 4.32. The first-order valence-electron chi connectivity index (χ1n) is 12.3. The zero-order valence-electron chi connectivity index (χ0n) is 20.6. The van der Waals surface area contributed by atoms with Gasteiger partial charge in [0.1, 0.15) is 11.8 Å². The normalized spacial score (nSPS) is 16.4. The number of hydrogen-bond donors (Lipinski definition) is 2. The van der Waals surface area contributed by atoms with E-state index in [-0.39, 0.29) is 24.1 Å². The van der Waals surface area contributed by atoms with Crippen molar-refractivity contribution in [3.05, 3.63) is 12.2 Å². The molecular formula is C25H45NO6. The molecule has 0 aliphatic carbocycles. The van der Waals surface area contributed by atoms with Crippen molar-refractivity contribution in [3.63, 3.8) is 0 Å². The van der Waals surface area contributed by atoms with Crippen molar-refractivity contribution in [2.75, 3.05) is 26.2 Å². The number of carboxylic acids is 3. The molecule has 0 aliphatic heterocycles. The second-order valence-corrected chi connectivity index (χ2v) is 9.03. The quantitative estimate of drug-likeness (QED) is 0.164. The van der Waals surface area contributed by atoms with E-state index in [1.165, 1.54) is 0 Å². The average Bonchev–Trinajstić information content (AvgIpc) is 2.75. The minimum absolute atomic E-state index is 0.202. The number of allylic oxidation sites excluding steroid dienone is 2. The van der Waals surface area contributed by atoms with E-state index in [0.29, 0.717) is 25.8 Å². The zero-order valence-corrected chi connectivity index (χ0v) is 20.6. The molecule has 0 aromatic rings. The lowest BCUT2D eigenvalue weighted by molar-refractivity contribution is -0.935. The summed E-state index contributed by atoms with van der Waals surface area (Å²) in [7, 11) is 0. The van der Waals surface area contributed by atoms with Crippen molar-refractivity contribution >= 4 is 17.9 Å². The summed E-state index contributed by atoms with van der Waals surface area (Å²) < 4.78 is 0.202. The Hall–Kier alpha value is -1.89. The van der Waals surface area contributed by atoms with E-state index in [9.17, 15) is 29.7 Å². The van der Waals surface area contributed by atoms with Crippen LogP contribution >= 0.6 is 0 Å². The number of carboxylic acid groups (broad SMARTS) is 3. The number of unbranched alkanes of at least 4 members (excludes halogenated alkanes) is 4. The zero-order chi connectivity index (χ0) is 24.6. The first kappa shape index (κ1) is 30.1. The Kier molecular flexibility index (Phi) is 15.7. The third-order valence-corrected chi connectivity index (χ3v) is 6.46. The monoisotopic (exact) mass is 455 g/mol. The fraction of sp³-hybridized carbons (Fsp3) is 0.800. The predicted octanol–water partition coefficient (Wildman–Crippen LogP) is 3.72. The molecule has 7 heteroatoms. The maximum absolute atomic E-state index is 11.8. The molecule has 32 heavy (non-hydrogen) atoms. The molecule has 186 valence electrons. The highest BCUT2D eigenvalue weighted by molar-refractivity contribution is 5.70. The Labute approximate surface area is 194 Å². The highest BCUT2D eigenvalue weighted by Crippen LogP contribution is 2.25. The summed E-state index contributed by atoms with van der Waals surface area (Å²) in [5, 5.41) is 31.1. The third-order valence-electron chi connectivity index (χ3n) is 6.46. The maximum Gasteiger partial charge on any atom is 0.312 e. The van der Waals surface area contributed by atoms with E-state index >= 15 is 0 Å². The summed E-state index contributed by atoms with van der Waals surface area (Å²) in [5.41, 5.74) is 0. The number of quaternary nitrogens is 1. The molecule has 0 heterocycles. The maximum atomic E-state index is 11.8. The van der Waals surface area contributed by atoms with Gasteiger partial charge in [-0.2, -0.15) is 0 Å². The van der Waals surface area contributed by atoms with Gasteiger partial charge in [0, 0.05) is 5.92 Å². The van der Waals surface area contributed by atoms with E-state index in [1.54, 1.807) is 20.8 Å². The van der Waals surface area contributed by atoms with Gasteiger partial charge in [-0.1, -0.05) is 46.3 Å². The molecule has 0 aromatic heterocycles. The lowest BCUT2D eigenvalue weighted by Gasteiger charge is -2.44. The summed E-state index contributed by atoms with van der Waals surface area (Å²) in [4.78, 5) is 35.4. The van der Waals surface area contributed by atoms with Crippen LogP contribution in [0, 0.1) is 17.8 Å². The summed E-state index contributed by atoms with van der Waals surface area (Å²) in [6.45, 7) is 8.81. The fourth-order valence-electron chi connectivity index (χ4n) is 4.32. The van der Waals surface area contributed by atoms with Crippen LogP contribution in [0.25, 0.3) is 0 Å². The molecule has 0 radical (unpaired) electrons. The highest BCUT2D eigenvalue weighted by atomic mass is 16.4. The Bertz CT molecular complexity index is 529. The van der Waals surface area contributed by atoms with Crippen molar-refractivity contribution in [1.82, 2.24) is 0 Å². The Morgan fingerprint density at radius 3 is 1.62 bits per heavy atom. The van der Waals surface area contributed by atoms with Gasteiger partial charge < -0.3 is 24.6 Å². The van der Waals surface area contributed by atoms with Crippen LogP contribution in [0.3, 0.4) is 0 Å². The van der Waals surface area contributed by atoms with Gasteiger partial charge in [0.2, 0.25) is 0 Å². The summed E-state index contributed by atoms with van der Waals surface area (Å²) in [6, 6.07) is 0. The average molecular weight is 456 g/mol. The van der Waals surface area contributed by atoms with Crippen molar-refractivity contribution in [2.45, 2.75) is 85.5 Å². The molecule has 0 saturated heterocycles. The summed E-state index contributed by atoms with van der Waals surface area (Å²) in [5.74, 6) is -5.00. The molecule has 7 nitrogen and oxygen atoms in total. The number of rotatable bonds is 20. The van der Waals surface area contributed by atoms with Crippen molar-refractivity contribution < 1.29 is 34.2 Å². The van der Waals surface area contributed by atoms with Crippen molar-refractivity contribution in [2.24, 2.45) is 17.8 Å². The highest BCUT2D eigenvalue weighted by Gasteiger charge is 2.39. The lowest BCUT2D eigenvalue weighted by Crippen LogP contribution is -2.59. The third kappa shape index (κ3) is 11.7. The summed E-state index contributed by atoms with van der Waals surface area (Å²) >= 11 is 0. The molecule has 0 saturated carbocycles. The van der Waals surface area contributed by atoms with E-state index in [1.807, 2.05) is 0 Å². The molecule has 0 rings (SSSR count). The molecule has 0 spiro atoms. The standard InChI is InChI=1S/C25H45NO6/c1-5-9-10-11-12-13-14-15-16-26(17-20(6-2)23(27)28,18-21(7-3)24(29)30)19-22(8-4)25(31)32/h10-11,20-22H,5-9,12-19H2,1-4H3,(H2-,27,28,29,30,31,32)/b11-10+. The van der Waals surface area contributed by atoms with Gasteiger partial charge in [0.15, 0.2) is 0 Å². The van der Waals surface area contributed by atoms with Gasteiger partial charge in [0.25, 0.3) is 0 Å². The number of carbonyl (C=O) groups excluding carboxylic acids is 1. The van der Waals surface area contributed by atoms with Gasteiger partial charge in [-0.25, -0.2) is 0 Å².